The summed E-state index contributed by atoms with van der Waals surface area (Å²) in [6.45, 7) is 0.171. The normalized spacial score (nSPS) is 10.3. The monoisotopic (exact) mass is 452 g/mol. The van der Waals surface area contributed by atoms with Gasteiger partial charge in [0.25, 0.3) is 5.91 Å². The number of hydrogen-bond donors (Lipinski definition) is 2. The van der Waals surface area contributed by atoms with Crippen LogP contribution in [0.25, 0.3) is 0 Å². The summed E-state index contributed by atoms with van der Waals surface area (Å²) >= 11 is 1.41. The molecule has 3 rings (SSSR count). The van der Waals surface area contributed by atoms with Crippen molar-refractivity contribution in [1.82, 2.24) is 10.3 Å². The molecule has 8 nitrogen and oxygen atoms in total. The molecular formula is C23H24N4O4S. The molecule has 2 amide bonds. The topological polar surface area (TPSA) is 101 Å². The number of benzene rings is 2. The SMILES string of the molecule is COC(=O)c1cc(CNC(=O)c2cccc(N(C)C)c2)cc(NC(=O)Cc2cscn2)c1. The number of rotatable bonds is 8. The fraction of sp³-hybridized carbons (Fsp3) is 0.217. The molecule has 0 spiro atoms. The zero-order chi connectivity index (χ0) is 23.1. The largest absolute Gasteiger partial charge is 0.465 e. The molecule has 0 bridgehead atoms. The lowest BCUT2D eigenvalue weighted by atomic mass is 10.1. The van der Waals surface area contributed by atoms with Crippen LogP contribution in [0.3, 0.4) is 0 Å². The molecule has 1 heterocycles. The first-order chi connectivity index (χ1) is 15.4. The summed E-state index contributed by atoms with van der Waals surface area (Å²) in [4.78, 5) is 43.1. The van der Waals surface area contributed by atoms with E-state index in [1.807, 2.05) is 31.1 Å². The van der Waals surface area contributed by atoms with Crippen LogP contribution in [-0.2, 0) is 22.5 Å². The Morgan fingerprint density at radius 3 is 2.59 bits per heavy atom. The van der Waals surface area contributed by atoms with Crippen molar-refractivity contribution >= 4 is 40.5 Å². The summed E-state index contributed by atoms with van der Waals surface area (Å²) < 4.78 is 4.81. The van der Waals surface area contributed by atoms with E-state index in [1.54, 1.807) is 35.2 Å². The number of nitrogens with zero attached hydrogens (tertiary/aromatic N) is 2. The van der Waals surface area contributed by atoms with E-state index >= 15 is 0 Å². The lowest BCUT2D eigenvalue weighted by Crippen LogP contribution is -2.23. The lowest BCUT2D eigenvalue weighted by Gasteiger charge is -2.14. The first kappa shape index (κ1) is 23.0. The molecule has 0 saturated carbocycles. The van der Waals surface area contributed by atoms with Crippen LogP contribution in [0, 0.1) is 0 Å². The molecule has 0 unspecified atom stereocenters. The van der Waals surface area contributed by atoms with E-state index in [9.17, 15) is 14.4 Å². The molecule has 0 fully saturated rings. The highest BCUT2D eigenvalue weighted by molar-refractivity contribution is 7.07. The minimum atomic E-state index is -0.535. The summed E-state index contributed by atoms with van der Waals surface area (Å²) in [6.07, 6.45) is 0.125. The van der Waals surface area contributed by atoms with E-state index < -0.39 is 5.97 Å². The molecule has 0 aliphatic rings. The molecule has 0 atom stereocenters. The molecule has 3 aromatic rings. The summed E-state index contributed by atoms with van der Waals surface area (Å²) in [5.74, 6) is -1.04. The number of ether oxygens (including phenoxy) is 1. The Kier molecular flexibility index (Phi) is 7.56. The predicted octanol–water partition coefficient (Wildman–Crippen LogP) is 3.11. The Hall–Kier alpha value is -3.72. The quantitative estimate of drug-likeness (QED) is 0.510. The van der Waals surface area contributed by atoms with Crippen LogP contribution in [-0.4, -0.2) is 44.0 Å². The van der Waals surface area contributed by atoms with Gasteiger partial charge in [0.15, 0.2) is 0 Å². The van der Waals surface area contributed by atoms with Gasteiger partial charge in [0, 0.05) is 43.0 Å². The van der Waals surface area contributed by atoms with Crippen LogP contribution < -0.4 is 15.5 Å². The number of amides is 2. The van der Waals surface area contributed by atoms with Gasteiger partial charge in [-0.1, -0.05) is 6.07 Å². The second-order valence-electron chi connectivity index (χ2n) is 7.24. The molecule has 9 heteroatoms. The molecule has 32 heavy (non-hydrogen) atoms. The minimum Gasteiger partial charge on any atom is -0.465 e. The maximum Gasteiger partial charge on any atom is 0.337 e. The van der Waals surface area contributed by atoms with E-state index in [2.05, 4.69) is 15.6 Å². The standard InChI is InChI=1S/C23H24N4O4S/c1-27(2)20-6-4-5-16(10-20)22(29)24-12-15-7-17(23(30)31-3)9-18(8-15)26-21(28)11-19-13-32-14-25-19/h4-10,13-14H,11-12H2,1-3H3,(H,24,29)(H,26,28). The number of methoxy groups -OCH3 is 1. The van der Waals surface area contributed by atoms with Crippen molar-refractivity contribution in [2.45, 2.75) is 13.0 Å². The molecule has 1 aromatic heterocycles. The highest BCUT2D eigenvalue weighted by Crippen LogP contribution is 2.18. The molecule has 0 radical (unpaired) electrons. The Morgan fingerprint density at radius 1 is 1.09 bits per heavy atom. The maximum atomic E-state index is 12.6. The van der Waals surface area contributed by atoms with Crippen molar-refractivity contribution in [1.29, 1.82) is 0 Å². The van der Waals surface area contributed by atoms with Crippen molar-refractivity contribution in [2.24, 2.45) is 0 Å². The molecule has 0 aliphatic carbocycles. The number of anilines is 2. The van der Waals surface area contributed by atoms with Crippen molar-refractivity contribution < 1.29 is 19.1 Å². The Morgan fingerprint density at radius 2 is 1.91 bits per heavy atom. The van der Waals surface area contributed by atoms with Crippen LogP contribution in [0.15, 0.2) is 53.4 Å². The van der Waals surface area contributed by atoms with E-state index in [4.69, 9.17) is 4.74 Å². The highest BCUT2D eigenvalue weighted by Gasteiger charge is 2.13. The van der Waals surface area contributed by atoms with Gasteiger partial charge in [-0.25, -0.2) is 9.78 Å². The van der Waals surface area contributed by atoms with Crippen LogP contribution in [0.5, 0.6) is 0 Å². The van der Waals surface area contributed by atoms with E-state index in [0.717, 1.165) is 5.69 Å². The summed E-state index contributed by atoms with van der Waals surface area (Å²) in [7, 11) is 5.09. The number of nitrogens with one attached hydrogen (secondary N) is 2. The number of carbonyl (C=O) groups is 3. The molecule has 166 valence electrons. The van der Waals surface area contributed by atoms with Crippen LogP contribution in [0.1, 0.15) is 32.0 Å². The Labute approximate surface area is 190 Å². The number of esters is 1. The summed E-state index contributed by atoms with van der Waals surface area (Å²) in [5, 5.41) is 7.43. The van der Waals surface area contributed by atoms with Gasteiger partial charge in [0.05, 0.1) is 30.3 Å². The Bertz CT molecular complexity index is 1110. The van der Waals surface area contributed by atoms with Crippen molar-refractivity contribution in [2.75, 3.05) is 31.4 Å². The van der Waals surface area contributed by atoms with Gasteiger partial charge < -0.3 is 20.3 Å². The van der Waals surface area contributed by atoms with Crippen molar-refractivity contribution in [3.05, 3.63) is 75.7 Å². The lowest BCUT2D eigenvalue weighted by molar-refractivity contribution is -0.115. The van der Waals surface area contributed by atoms with Gasteiger partial charge in [0.1, 0.15) is 0 Å². The van der Waals surface area contributed by atoms with Crippen molar-refractivity contribution in [3.63, 3.8) is 0 Å². The highest BCUT2D eigenvalue weighted by atomic mass is 32.1. The zero-order valence-corrected chi connectivity index (χ0v) is 18.9. The van der Waals surface area contributed by atoms with Gasteiger partial charge in [-0.2, -0.15) is 0 Å². The van der Waals surface area contributed by atoms with Gasteiger partial charge in [-0.15, -0.1) is 11.3 Å². The van der Waals surface area contributed by atoms with Crippen LogP contribution in [0.2, 0.25) is 0 Å². The molecule has 0 saturated heterocycles. The number of thiazole rings is 1. The first-order valence-electron chi connectivity index (χ1n) is 9.80. The van der Waals surface area contributed by atoms with E-state index in [0.29, 0.717) is 22.5 Å². The second kappa shape index (κ2) is 10.5. The molecule has 0 aliphatic heterocycles. The van der Waals surface area contributed by atoms with Gasteiger partial charge in [-0.05, 0) is 42.0 Å². The average Bonchev–Trinajstić information content (AvgIpc) is 3.29. The number of aromatic nitrogens is 1. The average molecular weight is 453 g/mol. The summed E-state index contributed by atoms with van der Waals surface area (Å²) in [6, 6.07) is 12.1. The van der Waals surface area contributed by atoms with E-state index in [1.165, 1.54) is 24.5 Å². The van der Waals surface area contributed by atoms with E-state index in [-0.39, 0.29) is 30.3 Å². The van der Waals surface area contributed by atoms with Crippen LogP contribution in [0.4, 0.5) is 11.4 Å². The van der Waals surface area contributed by atoms with Crippen molar-refractivity contribution in [3.8, 4) is 0 Å². The van der Waals surface area contributed by atoms with Gasteiger partial charge >= 0.3 is 5.97 Å². The number of hydrogen-bond acceptors (Lipinski definition) is 7. The smallest absolute Gasteiger partial charge is 0.337 e. The fourth-order valence-corrected chi connectivity index (χ4v) is 3.56. The summed E-state index contributed by atoms with van der Waals surface area (Å²) in [5.41, 5.74) is 5.13. The molecule has 2 N–H and O–H groups in total. The fourth-order valence-electron chi connectivity index (χ4n) is 3.01. The zero-order valence-electron chi connectivity index (χ0n) is 18.0. The third-order valence-corrected chi connectivity index (χ3v) is 5.24. The van der Waals surface area contributed by atoms with Gasteiger partial charge in [0.2, 0.25) is 5.91 Å². The maximum absolute atomic E-state index is 12.6. The predicted molar refractivity (Wildman–Crippen MR) is 124 cm³/mol. The second-order valence-corrected chi connectivity index (χ2v) is 7.96. The van der Waals surface area contributed by atoms with Gasteiger partial charge in [-0.3, -0.25) is 9.59 Å². The first-order valence-corrected chi connectivity index (χ1v) is 10.7. The molecular weight excluding hydrogens is 428 g/mol. The van der Waals surface area contributed by atoms with Crippen LogP contribution >= 0.6 is 11.3 Å². The molecule has 2 aromatic carbocycles. The number of carbonyl (C=O) groups excluding carboxylic acids is 3. The third-order valence-electron chi connectivity index (χ3n) is 4.60. The Balaban J connectivity index is 1.74. The minimum absolute atomic E-state index is 0.125. The third kappa shape index (κ3) is 6.14.